The molecule has 1 aliphatic heterocycles. The number of nitrogens with zero attached hydrogens (tertiary/aromatic N) is 4. The molecule has 0 radical (unpaired) electrons. The SMILES string of the molecule is O=C(Cn1c(=O)cnc2ccccc21)Nc1nc(CN2CCOCC2)cs1. The summed E-state index contributed by atoms with van der Waals surface area (Å²) in [5.41, 5.74) is 1.92. The van der Waals surface area contributed by atoms with Gasteiger partial charge in [0.05, 0.1) is 36.1 Å². The Kier molecular flexibility index (Phi) is 5.23. The Labute approximate surface area is 159 Å². The van der Waals surface area contributed by atoms with E-state index in [9.17, 15) is 9.59 Å². The van der Waals surface area contributed by atoms with Gasteiger partial charge in [0.25, 0.3) is 5.56 Å². The van der Waals surface area contributed by atoms with E-state index in [1.807, 2.05) is 23.6 Å². The molecule has 2 aromatic heterocycles. The summed E-state index contributed by atoms with van der Waals surface area (Å²) in [6.07, 6.45) is 1.24. The summed E-state index contributed by atoms with van der Waals surface area (Å²) in [5.74, 6) is -0.291. The molecule has 1 aliphatic rings. The van der Waals surface area contributed by atoms with Crippen LogP contribution in [0.4, 0.5) is 5.13 Å². The van der Waals surface area contributed by atoms with Crippen LogP contribution in [0, 0.1) is 0 Å². The molecule has 1 N–H and O–H groups in total. The maximum absolute atomic E-state index is 12.4. The van der Waals surface area contributed by atoms with Gasteiger partial charge in [-0.2, -0.15) is 0 Å². The molecule has 0 saturated carbocycles. The first-order valence-corrected chi connectivity index (χ1v) is 9.56. The van der Waals surface area contributed by atoms with Crippen LogP contribution in [0.1, 0.15) is 5.69 Å². The van der Waals surface area contributed by atoms with Crippen molar-refractivity contribution in [2.45, 2.75) is 13.1 Å². The lowest BCUT2D eigenvalue weighted by molar-refractivity contribution is -0.116. The van der Waals surface area contributed by atoms with Crippen molar-refractivity contribution in [3.05, 3.63) is 51.9 Å². The van der Waals surface area contributed by atoms with Gasteiger partial charge in [0, 0.05) is 25.0 Å². The van der Waals surface area contributed by atoms with Crippen molar-refractivity contribution in [1.29, 1.82) is 0 Å². The molecule has 140 valence electrons. The van der Waals surface area contributed by atoms with Crippen molar-refractivity contribution in [2.75, 3.05) is 31.6 Å². The standard InChI is InChI=1S/C18H19N5O3S/c24-16(11-23-15-4-2-1-3-14(15)19-9-17(23)25)21-18-20-13(12-27-18)10-22-5-7-26-8-6-22/h1-4,9,12H,5-8,10-11H2,(H,20,21,24). The molecule has 0 unspecified atom stereocenters. The number of para-hydroxylation sites is 2. The number of anilines is 1. The van der Waals surface area contributed by atoms with Crippen molar-refractivity contribution in [3.8, 4) is 0 Å². The lowest BCUT2D eigenvalue weighted by atomic mass is 10.3. The van der Waals surface area contributed by atoms with Crippen molar-refractivity contribution in [2.24, 2.45) is 0 Å². The molecule has 0 aliphatic carbocycles. The maximum Gasteiger partial charge on any atom is 0.269 e. The average Bonchev–Trinajstić information content (AvgIpc) is 3.11. The second kappa shape index (κ2) is 7.95. The maximum atomic E-state index is 12.4. The molecular weight excluding hydrogens is 366 g/mol. The van der Waals surface area contributed by atoms with Gasteiger partial charge in [-0.3, -0.25) is 19.1 Å². The molecule has 1 aromatic carbocycles. The van der Waals surface area contributed by atoms with Crippen LogP contribution in [0.25, 0.3) is 11.0 Å². The van der Waals surface area contributed by atoms with Gasteiger partial charge in [-0.15, -0.1) is 11.3 Å². The van der Waals surface area contributed by atoms with E-state index in [-0.39, 0.29) is 18.0 Å². The van der Waals surface area contributed by atoms with Crippen LogP contribution >= 0.6 is 11.3 Å². The van der Waals surface area contributed by atoms with E-state index in [2.05, 4.69) is 20.2 Å². The van der Waals surface area contributed by atoms with E-state index in [1.165, 1.54) is 22.1 Å². The normalized spacial score (nSPS) is 15.1. The molecule has 0 spiro atoms. The predicted molar refractivity (Wildman–Crippen MR) is 103 cm³/mol. The van der Waals surface area contributed by atoms with Crippen LogP contribution in [0.2, 0.25) is 0 Å². The summed E-state index contributed by atoms with van der Waals surface area (Å²) in [6.45, 7) is 3.91. The summed E-state index contributed by atoms with van der Waals surface area (Å²) in [4.78, 5) is 35.4. The molecule has 8 nitrogen and oxygen atoms in total. The number of carbonyl (C=O) groups is 1. The van der Waals surface area contributed by atoms with E-state index in [4.69, 9.17) is 4.74 Å². The van der Waals surface area contributed by atoms with Crippen LogP contribution in [0.15, 0.2) is 40.6 Å². The number of hydrogen-bond donors (Lipinski definition) is 1. The highest BCUT2D eigenvalue weighted by Crippen LogP contribution is 2.17. The second-order valence-electron chi connectivity index (χ2n) is 6.25. The molecule has 0 atom stereocenters. The number of nitrogens with one attached hydrogen (secondary N) is 1. The van der Waals surface area contributed by atoms with Crippen LogP contribution < -0.4 is 10.9 Å². The molecule has 9 heteroatoms. The molecular formula is C18H19N5O3S. The average molecular weight is 385 g/mol. The zero-order valence-corrected chi connectivity index (χ0v) is 15.4. The van der Waals surface area contributed by atoms with Gasteiger partial charge in [0.1, 0.15) is 6.54 Å². The zero-order chi connectivity index (χ0) is 18.6. The van der Waals surface area contributed by atoms with E-state index in [0.29, 0.717) is 16.2 Å². The minimum Gasteiger partial charge on any atom is -0.379 e. The minimum atomic E-state index is -0.309. The first-order chi connectivity index (χ1) is 13.2. The van der Waals surface area contributed by atoms with E-state index in [0.717, 1.165) is 38.5 Å². The summed E-state index contributed by atoms with van der Waals surface area (Å²) in [5, 5.41) is 5.27. The highest BCUT2D eigenvalue weighted by atomic mass is 32.1. The number of fused-ring (bicyclic) bond motifs is 1. The molecule has 0 bridgehead atoms. The fraction of sp³-hybridized carbons (Fsp3) is 0.333. The van der Waals surface area contributed by atoms with Gasteiger partial charge in [-0.1, -0.05) is 12.1 Å². The Morgan fingerprint density at radius 1 is 1.26 bits per heavy atom. The Bertz CT molecular complexity index is 1010. The third kappa shape index (κ3) is 4.21. The van der Waals surface area contributed by atoms with Gasteiger partial charge in [-0.05, 0) is 12.1 Å². The molecule has 1 amide bonds. The van der Waals surface area contributed by atoms with Crippen LogP contribution in [-0.4, -0.2) is 51.6 Å². The van der Waals surface area contributed by atoms with Gasteiger partial charge in [-0.25, -0.2) is 9.97 Å². The highest BCUT2D eigenvalue weighted by Gasteiger charge is 2.14. The van der Waals surface area contributed by atoms with E-state index < -0.39 is 0 Å². The molecule has 1 saturated heterocycles. The quantitative estimate of drug-likeness (QED) is 0.713. The van der Waals surface area contributed by atoms with Gasteiger partial charge in [0.15, 0.2) is 5.13 Å². The predicted octanol–water partition coefficient (Wildman–Crippen LogP) is 1.32. The van der Waals surface area contributed by atoms with Crippen molar-refractivity contribution in [1.82, 2.24) is 19.4 Å². The Morgan fingerprint density at radius 2 is 2.07 bits per heavy atom. The fourth-order valence-electron chi connectivity index (χ4n) is 3.01. The van der Waals surface area contributed by atoms with E-state index in [1.54, 1.807) is 6.07 Å². The highest BCUT2D eigenvalue weighted by molar-refractivity contribution is 7.13. The summed E-state index contributed by atoms with van der Waals surface area (Å²) < 4.78 is 6.76. The number of benzene rings is 1. The lowest BCUT2D eigenvalue weighted by Gasteiger charge is -2.25. The number of carbonyl (C=O) groups excluding carboxylic acids is 1. The van der Waals surface area contributed by atoms with Gasteiger partial charge < -0.3 is 10.1 Å². The van der Waals surface area contributed by atoms with Crippen molar-refractivity contribution < 1.29 is 9.53 Å². The number of rotatable bonds is 5. The van der Waals surface area contributed by atoms with Gasteiger partial charge in [0.2, 0.25) is 5.91 Å². The second-order valence-corrected chi connectivity index (χ2v) is 7.11. The first kappa shape index (κ1) is 17.8. The monoisotopic (exact) mass is 385 g/mol. The summed E-state index contributed by atoms with van der Waals surface area (Å²) in [7, 11) is 0. The lowest BCUT2D eigenvalue weighted by Crippen LogP contribution is -2.35. The van der Waals surface area contributed by atoms with Crippen LogP contribution in [0.3, 0.4) is 0 Å². The van der Waals surface area contributed by atoms with Crippen LogP contribution in [-0.2, 0) is 22.6 Å². The number of morpholine rings is 1. The Morgan fingerprint density at radius 3 is 2.93 bits per heavy atom. The number of ether oxygens (including phenoxy) is 1. The summed E-state index contributed by atoms with van der Waals surface area (Å²) >= 11 is 1.38. The minimum absolute atomic E-state index is 0.0831. The zero-order valence-electron chi connectivity index (χ0n) is 14.6. The largest absolute Gasteiger partial charge is 0.379 e. The first-order valence-electron chi connectivity index (χ1n) is 8.68. The molecule has 3 heterocycles. The topological polar surface area (TPSA) is 89.3 Å². The molecule has 4 rings (SSSR count). The Hall–Kier alpha value is -2.62. The third-order valence-corrected chi connectivity index (χ3v) is 5.15. The number of thiazole rings is 1. The number of hydrogen-bond acceptors (Lipinski definition) is 7. The third-order valence-electron chi connectivity index (χ3n) is 4.34. The van der Waals surface area contributed by atoms with Crippen molar-refractivity contribution >= 4 is 33.4 Å². The molecule has 27 heavy (non-hydrogen) atoms. The molecule has 1 fully saturated rings. The number of amides is 1. The van der Waals surface area contributed by atoms with E-state index >= 15 is 0 Å². The Balaban J connectivity index is 1.43. The van der Waals surface area contributed by atoms with Gasteiger partial charge >= 0.3 is 0 Å². The summed E-state index contributed by atoms with van der Waals surface area (Å²) in [6, 6.07) is 7.25. The molecule has 3 aromatic rings. The van der Waals surface area contributed by atoms with Crippen LogP contribution in [0.5, 0.6) is 0 Å². The fourth-order valence-corrected chi connectivity index (χ4v) is 3.72. The smallest absolute Gasteiger partial charge is 0.269 e. The number of aromatic nitrogens is 3. The van der Waals surface area contributed by atoms with Crippen molar-refractivity contribution in [3.63, 3.8) is 0 Å².